The first kappa shape index (κ1) is 19.6. The predicted molar refractivity (Wildman–Crippen MR) is 107 cm³/mol. The molecule has 3 heterocycles. The van der Waals surface area contributed by atoms with Crippen molar-refractivity contribution in [3.05, 3.63) is 66.5 Å². The van der Waals surface area contributed by atoms with E-state index in [1.165, 1.54) is 0 Å². The average molecular weight is 382 g/mol. The number of nitrogens with zero attached hydrogens (tertiary/aromatic N) is 4. The highest BCUT2D eigenvalue weighted by Gasteiger charge is 2.02. The molecule has 0 saturated carbocycles. The lowest BCUT2D eigenvalue weighted by molar-refractivity contribution is 0.105. The van der Waals surface area contributed by atoms with Crippen LogP contribution in [0.15, 0.2) is 64.6 Å². The van der Waals surface area contributed by atoms with E-state index in [-0.39, 0.29) is 0 Å². The topological polar surface area (TPSA) is 89.5 Å². The molecule has 0 saturated heterocycles. The van der Waals surface area contributed by atoms with Gasteiger partial charge in [0.25, 0.3) is 0 Å². The summed E-state index contributed by atoms with van der Waals surface area (Å²) in [5.41, 5.74) is 1.07. The van der Waals surface area contributed by atoms with Gasteiger partial charge in [-0.1, -0.05) is 0 Å². The Morgan fingerprint density at radius 3 is 3.00 bits per heavy atom. The Morgan fingerprint density at radius 1 is 1.25 bits per heavy atom. The number of pyridine rings is 1. The summed E-state index contributed by atoms with van der Waals surface area (Å²) in [7, 11) is 0. The highest BCUT2D eigenvalue weighted by molar-refractivity contribution is 5.79. The van der Waals surface area contributed by atoms with E-state index in [0.29, 0.717) is 19.8 Å². The fraction of sp³-hybridized carbons (Fsp3) is 0.350. The predicted octanol–water partition coefficient (Wildman–Crippen LogP) is 2.52. The maximum absolute atomic E-state index is 5.59. The fourth-order valence-electron chi connectivity index (χ4n) is 2.55. The van der Waals surface area contributed by atoms with Crippen LogP contribution in [0.4, 0.5) is 0 Å². The molecule has 0 aromatic carbocycles. The van der Waals surface area contributed by atoms with Crippen molar-refractivity contribution in [2.24, 2.45) is 4.99 Å². The highest BCUT2D eigenvalue weighted by Crippen LogP contribution is 2.07. The molecule has 0 unspecified atom stereocenters. The average Bonchev–Trinajstić information content (AvgIpc) is 3.43. The van der Waals surface area contributed by atoms with E-state index in [1.54, 1.807) is 23.3 Å². The summed E-state index contributed by atoms with van der Waals surface area (Å²) in [5, 5.41) is 10.8. The zero-order chi connectivity index (χ0) is 19.4. The van der Waals surface area contributed by atoms with Crippen LogP contribution in [0.25, 0.3) is 5.82 Å². The molecule has 3 aromatic rings. The van der Waals surface area contributed by atoms with E-state index in [1.807, 2.05) is 43.5 Å². The van der Waals surface area contributed by atoms with Crippen LogP contribution in [-0.4, -0.2) is 40.4 Å². The molecule has 0 fully saturated rings. The zero-order valence-electron chi connectivity index (χ0n) is 16.0. The van der Waals surface area contributed by atoms with E-state index < -0.39 is 0 Å². The van der Waals surface area contributed by atoms with Crippen LogP contribution in [0.2, 0.25) is 0 Å². The van der Waals surface area contributed by atoms with Crippen LogP contribution in [0.5, 0.6) is 0 Å². The van der Waals surface area contributed by atoms with Gasteiger partial charge >= 0.3 is 0 Å². The second-order valence-electron chi connectivity index (χ2n) is 6.08. The molecule has 0 atom stereocenters. The Labute approximate surface area is 164 Å². The molecular weight excluding hydrogens is 356 g/mol. The van der Waals surface area contributed by atoms with Gasteiger partial charge in [0, 0.05) is 38.3 Å². The summed E-state index contributed by atoms with van der Waals surface area (Å²) in [6, 6.07) is 9.59. The number of ether oxygens (including phenoxy) is 1. The summed E-state index contributed by atoms with van der Waals surface area (Å²) in [5.74, 6) is 2.41. The van der Waals surface area contributed by atoms with Gasteiger partial charge < -0.3 is 19.8 Å². The van der Waals surface area contributed by atoms with Crippen molar-refractivity contribution in [3.8, 4) is 5.82 Å². The summed E-state index contributed by atoms with van der Waals surface area (Å²) in [6.07, 6.45) is 7.91. The van der Waals surface area contributed by atoms with Gasteiger partial charge in [-0.3, -0.25) is 0 Å². The third-order valence-electron chi connectivity index (χ3n) is 3.90. The molecule has 148 valence electrons. The van der Waals surface area contributed by atoms with Crippen molar-refractivity contribution in [1.82, 2.24) is 25.4 Å². The van der Waals surface area contributed by atoms with Crippen LogP contribution in [0, 0.1) is 0 Å². The highest BCUT2D eigenvalue weighted by atomic mass is 16.5. The largest absolute Gasteiger partial charge is 0.467 e. The van der Waals surface area contributed by atoms with Gasteiger partial charge in [0.1, 0.15) is 12.4 Å². The number of guanidine groups is 1. The van der Waals surface area contributed by atoms with Gasteiger partial charge in [0.2, 0.25) is 0 Å². The smallest absolute Gasteiger partial charge is 0.191 e. The second kappa shape index (κ2) is 10.9. The molecule has 8 heteroatoms. The first-order valence-electron chi connectivity index (χ1n) is 9.42. The molecule has 2 N–H and O–H groups in total. The quantitative estimate of drug-likeness (QED) is 0.318. The molecule has 0 amide bonds. The molecule has 3 rings (SSSR count). The molecule has 3 aromatic heterocycles. The summed E-state index contributed by atoms with van der Waals surface area (Å²) < 4.78 is 12.6. The summed E-state index contributed by atoms with van der Waals surface area (Å²) in [4.78, 5) is 8.99. The molecule has 28 heavy (non-hydrogen) atoms. The van der Waals surface area contributed by atoms with Crippen molar-refractivity contribution in [2.75, 3.05) is 19.7 Å². The van der Waals surface area contributed by atoms with Crippen molar-refractivity contribution in [1.29, 1.82) is 0 Å². The first-order chi connectivity index (χ1) is 13.8. The Bertz CT molecular complexity index is 830. The Balaban J connectivity index is 1.44. The first-order valence-corrected chi connectivity index (χ1v) is 9.42. The van der Waals surface area contributed by atoms with Gasteiger partial charge in [-0.2, -0.15) is 5.10 Å². The van der Waals surface area contributed by atoms with Crippen molar-refractivity contribution in [3.63, 3.8) is 0 Å². The van der Waals surface area contributed by atoms with Gasteiger partial charge in [-0.15, -0.1) is 0 Å². The number of hydrogen-bond acceptors (Lipinski definition) is 5. The van der Waals surface area contributed by atoms with Crippen LogP contribution >= 0.6 is 0 Å². The van der Waals surface area contributed by atoms with Crippen LogP contribution in [-0.2, 0) is 17.9 Å². The number of aliphatic imine (C=N–C) groups is 1. The normalized spacial score (nSPS) is 11.5. The van der Waals surface area contributed by atoms with E-state index in [4.69, 9.17) is 9.15 Å². The molecule has 8 nitrogen and oxygen atoms in total. The van der Waals surface area contributed by atoms with Crippen molar-refractivity contribution in [2.45, 2.75) is 26.5 Å². The zero-order valence-corrected chi connectivity index (χ0v) is 16.0. The van der Waals surface area contributed by atoms with Gasteiger partial charge in [0.05, 0.1) is 12.8 Å². The number of aromatic nitrogens is 3. The third kappa shape index (κ3) is 6.24. The molecular formula is C20H26N6O2. The van der Waals surface area contributed by atoms with E-state index >= 15 is 0 Å². The van der Waals surface area contributed by atoms with Crippen LogP contribution < -0.4 is 10.6 Å². The standard InChI is InChI=1S/C20H26N6O2/c1-2-21-20(23-8-5-12-27-16-18-6-3-13-28-18)24-15-17-7-10-22-19(14-17)26-11-4-9-25-26/h3-4,6-7,9-11,13-14H,2,5,8,12,15-16H2,1H3,(H2,21,23,24). The molecule has 0 spiro atoms. The van der Waals surface area contributed by atoms with E-state index in [2.05, 4.69) is 25.7 Å². The lowest BCUT2D eigenvalue weighted by Crippen LogP contribution is -2.38. The van der Waals surface area contributed by atoms with Crippen molar-refractivity contribution < 1.29 is 9.15 Å². The van der Waals surface area contributed by atoms with Gasteiger partial charge in [-0.25, -0.2) is 14.7 Å². The minimum Gasteiger partial charge on any atom is -0.467 e. The molecule has 0 aliphatic rings. The minimum atomic E-state index is 0.502. The molecule has 0 aliphatic heterocycles. The lowest BCUT2D eigenvalue weighted by atomic mass is 10.2. The maximum atomic E-state index is 5.59. The summed E-state index contributed by atoms with van der Waals surface area (Å²) in [6.45, 7) is 5.34. The number of rotatable bonds is 10. The fourth-order valence-corrected chi connectivity index (χ4v) is 2.55. The maximum Gasteiger partial charge on any atom is 0.191 e. The second-order valence-corrected chi connectivity index (χ2v) is 6.08. The summed E-state index contributed by atoms with van der Waals surface area (Å²) >= 11 is 0. The number of hydrogen-bond donors (Lipinski definition) is 2. The van der Waals surface area contributed by atoms with Crippen LogP contribution in [0.3, 0.4) is 0 Å². The molecule has 0 bridgehead atoms. The SMILES string of the molecule is CCNC(=NCc1ccnc(-n2cccn2)c1)NCCCOCc1ccco1. The van der Waals surface area contributed by atoms with Crippen LogP contribution in [0.1, 0.15) is 24.7 Å². The Kier molecular flexibility index (Phi) is 7.63. The van der Waals surface area contributed by atoms with Gasteiger partial charge in [0.15, 0.2) is 11.8 Å². The number of nitrogens with one attached hydrogen (secondary N) is 2. The van der Waals surface area contributed by atoms with E-state index in [0.717, 1.165) is 42.6 Å². The third-order valence-corrected chi connectivity index (χ3v) is 3.90. The van der Waals surface area contributed by atoms with Crippen molar-refractivity contribution >= 4 is 5.96 Å². The Hall–Kier alpha value is -3.13. The van der Waals surface area contributed by atoms with Gasteiger partial charge in [-0.05, 0) is 49.2 Å². The lowest BCUT2D eigenvalue weighted by Gasteiger charge is -2.11. The monoisotopic (exact) mass is 382 g/mol. The minimum absolute atomic E-state index is 0.502. The number of furan rings is 1. The molecule has 0 aliphatic carbocycles. The Morgan fingerprint density at radius 2 is 2.21 bits per heavy atom. The molecule has 0 radical (unpaired) electrons. The van der Waals surface area contributed by atoms with E-state index in [9.17, 15) is 0 Å².